The monoisotopic (exact) mass is 500 g/mol. The summed E-state index contributed by atoms with van der Waals surface area (Å²) in [6, 6.07) is 2.95. The van der Waals surface area contributed by atoms with Gasteiger partial charge >= 0.3 is 0 Å². The van der Waals surface area contributed by atoms with Crippen LogP contribution in [0.5, 0.6) is 11.5 Å². The Labute approximate surface area is 208 Å². The number of hydrogen-bond donors (Lipinski definition) is 2. The average molecular weight is 501 g/mol. The van der Waals surface area contributed by atoms with Crippen LogP contribution in [0.2, 0.25) is 0 Å². The van der Waals surface area contributed by atoms with Crippen molar-refractivity contribution in [3.63, 3.8) is 0 Å². The molecule has 9 heteroatoms. The Kier molecular flexibility index (Phi) is 7.42. The van der Waals surface area contributed by atoms with Gasteiger partial charge in [0.25, 0.3) is 0 Å². The Morgan fingerprint density at radius 2 is 2.00 bits per heavy atom. The van der Waals surface area contributed by atoms with Crippen LogP contribution in [0.15, 0.2) is 36.6 Å². The number of halogens is 2. The number of methoxy groups -OCH3 is 2. The minimum Gasteiger partial charge on any atom is -0.494 e. The molecule has 1 amide bonds. The number of fused-ring (bicyclic) bond motifs is 1. The summed E-state index contributed by atoms with van der Waals surface area (Å²) < 4.78 is 45.9. The molecule has 1 saturated heterocycles. The highest BCUT2D eigenvalue weighted by molar-refractivity contribution is 5.87. The first-order chi connectivity index (χ1) is 17.2. The third kappa shape index (κ3) is 4.85. The van der Waals surface area contributed by atoms with Gasteiger partial charge in [-0.25, -0.2) is 8.78 Å². The maximum absolute atomic E-state index is 15.1. The van der Waals surface area contributed by atoms with E-state index in [1.54, 1.807) is 12.3 Å². The fourth-order valence-electron chi connectivity index (χ4n) is 4.87. The first-order valence-electron chi connectivity index (χ1n) is 11.7. The summed E-state index contributed by atoms with van der Waals surface area (Å²) >= 11 is 0. The van der Waals surface area contributed by atoms with E-state index in [4.69, 9.17) is 14.2 Å². The van der Waals surface area contributed by atoms with Crippen molar-refractivity contribution in [2.24, 2.45) is 5.92 Å². The van der Waals surface area contributed by atoms with E-state index in [0.29, 0.717) is 31.6 Å². The predicted molar refractivity (Wildman–Crippen MR) is 130 cm³/mol. The van der Waals surface area contributed by atoms with Crippen LogP contribution in [-0.2, 0) is 28.0 Å². The number of aliphatic hydroxyl groups is 1. The van der Waals surface area contributed by atoms with Crippen molar-refractivity contribution in [2.45, 2.75) is 37.8 Å². The quantitative estimate of drug-likeness (QED) is 0.540. The highest BCUT2D eigenvalue weighted by Crippen LogP contribution is 2.44. The molecule has 2 aliphatic rings. The van der Waals surface area contributed by atoms with Crippen molar-refractivity contribution in [3.05, 3.63) is 70.6 Å². The number of carbonyl (C=O) groups excluding carboxylic acids is 1. The van der Waals surface area contributed by atoms with Crippen molar-refractivity contribution in [1.29, 1.82) is 0 Å². The number of ether oxygens (including phenoxy) is 3. The Morgan fingerprint density at radius 3 is 2.64 bits per heavy atom. The van der Waals surface area contributed by atoms with E-state index in [9.17, 15) is 9.90 Å². The lowest BCUT2D eigenvalue weighted by Gasteiger charge is -2.31. The Bertz CT molecular complexity index is 1180. The minimum atomic E-state index is -1.97. The second-order valence-corrected chi connectivity index (χ2v) is 9.22. The summed E-state index contributed by atoms with van der Waals surface area (Å²) in [7, 11) is 2.52. The number of aromatic nitrogens is 1. The summed E-state index contributed by atoms with van der Waals surface area (Å²) in [6.45, 7) is 5.92. The number of hydrogen-bond acceptors (Lipinski definition) is 6. The SMILES string of the molecule is C=CC(=O)NC1CCOCC1Cc1cc2c(cn1)CC(C(C)(O)c1c(F)c(OC)cc(OC)c1F)=C2. The first kappa shape index (κ1) is 25.8. The lowest BCUT2D eigenvalue weighted by atomic mass is 9.85. The summed E-state index contributed by atoms with van der Waals surface area (Å²) in [5.41, 5.74) is 0.356. The molecule has 1 aliphatic carbocycles. The van der Waals surface area contributed by atoms with Crippen molar-refractivity contribution < 1.29 is 32.9 Å². The van der Waals surface area contributed by atoms with Crippen molar-refractivity contribution in [1.82, 2.24) is 10.3 Å². The fourth-order valence-corrected chi connectivity index (χ4v) is 4.87. The third-order valence-corrected chi connectivity index (χ3v) is 6.93. The summed E-state index contributed by atoms with van der Waals surface area (Å²) in [5.74, 6) is -2.61. The van der Waals surface area contributed by atoms with Crippen molar-refractivity contribution in [2.75, 3.05) is 27.4 Å². The van der Waals surface area contributed by atoms with E-state index >= 15 is 8.78 Å². The van der Waals surface area contributed by atoms with Gasteiger partial charge in [0.05, 0.1) is 26.4 Å². The number of pyridine rings is 1. The van der Waals surface area contributed by atoms with Gasteiger partial charge < -0.3 is 24.6 Å². The molecule has 36 heavy (non-hydrogen) atoms. The van der Waals surface area contributed by atoms with Crippen LogP contribution in [-0.4, -0.2) is 49.5 Å². The Balaban J connectivity index is 1.61. The summed E-state index contributed by atoms with van der Waals surface area (Å²) in [6.07, 6.45) is 6.25. The van der Waals surface area contributed by atoms with Gasteiger partial charge in [0.1, 0.15) is 5.60 Å². The molecular formula is C27H30F2N2O5. The fraction of sp³-hybridized carbons (Fsp3) is 0.407. The van der Waals surface area contributed by atoms with Gasteiger partial charge in [-0.3, -0.25) is 9.78 Å². The Morgan fingerprint density at radius 1 is 1.31 bits per heavy atom. The van der Waals surface area contributed by atoms with Gasteiger partial charge in [0.2, 0.25) is 5.91 Å². The molecule has 0 spiro atoms. The van der Waals surface area contributed by atoms with Gasteiger partial charge in [-0.2, -0.15) is 0 Å². The van der Waals surface area contributed by atoms with Crippen LogP contribution in [0, 0.1) is 17.6 Å². The normalized spacial score (nSPS) is 20.7. The van der Waals surface area contributed by atoms with Crippen LogP contribution in [0.1, 0.15) is 35.7 Å². The number of nitrogens with one attached hydrogen (secondary N) is 1. The van der Waals surface area contributed by atoms with Crippen LogP contribution in [0.3, 0.4) is 0 Å². The molecule has 3 unspecified atom stereocenters. The molecule has 7 nitrogen and oxygen atoms in total. The van der Waals surface area contributed by atoms with Gasteiger partial charge in [-0.05, 0) is 55.0 Å². The molecule has 2 aromatic rings. The molecule has 0 radical (unpaired) electrons. The van der Waals surface area contributed by atoms with Gasteiger partial charge in [-0.1, -0.05) is 12.7 Å². The molecule has 2 heterocycles. The van der Waals surface area contributed by atoms with Gasteiger partial charge in [-0.15, -0.1) is 0 Å². The number of carbonyl (C=O) groups is 1. The smallest absolute Gasteiger partial charge is 0.243 e. The molecule has 2 N–H and O–H groups in total. The molecule has 1 aliphatic heterocycles. The van der Waals surface area contributed by atoms with Crippen molar-refractivity contribution >= 4 is 12.0 Å². The number of rotatable bonds is 8. The molecule has 4 rings (SSSR count). The zero-order valence-corrected chi connectivity index (χ0v) is 20.6. The average Bonchev–Trinajstić information content (AvgIpc) is 3.30. The molecule has 1 aromatic heterocycles. The van der Waals surface area contributed by atoms with Crippen LogP contribution in [0.25, 0.3) is 6.08 Å². The summed E-state index contributed by atoms with van der Waals surface area (Å²) in [4.78, 5) is 16.4. The topological polar surface area (TPSA) is 89.9 Å². The van der Waals surface area contributed by atoms with Gasteiger partial charge in [0, 0.05) is 36.5 Å². The van der Waals surface area contributed by atoms with E-state index < -0.39 is 22.8 Å². The van der Waals surface area contributed by atoms with Crippen molar-refractivity contribution in [3.8, 4) is 11.5 Å². The van der Waals surface area contributed by atoms with E-state index in [2.05, 4.69) is 16.9 Å². The lowest BCUT2D eigenvalue weighted by Crippen LogP contribution is -2.45. The van der Waals surface area contributed by atoms with E-state index in [1.807, 2.05) is 6.07 Å². The highest BCUT2D eigenvalue weighted by Gasteiger charge is 2.39. The molecule has 192 valence electrons. The van der Waals surface area contributed by atoms with E-state index in [-0.39, 0.29) is 35.8 Å². The van der Waals surface area contributed by atoms with Crippen LogP contribution >= 0.6 is 0 Å². The molecule has 3 atom stereocenters. The largest absolute Gasteiger partial charge is 0.494 e. The van der Waals surface area contributed by atoms with Crippen LogP contribution in [0.4, 0.5) is 8.78 Å². The Hall–Kier alpha value is -3.30. The summed E-state index contributed by atoms with van der Waals surface area (Å²) in [5, 5.41) is 14.4. The lowest BCUT2D eigenvalue weighted by molar-refractivity contribution is -0.118. The second-order valence-electron chi connectivity index (χ2n) is 9.22. The number of amides is 1. The maximum Gasteiger partial charge on any atom is 0.243 e. The second kappa shape index (κ2) is 10.4. The molecule has 1 aromatic carbocycles. The zero-order valence-electron chi connectivity index (χ0n) is 20.6. The minimum absolute atomic E-state index is 0.0357. The van der Waals surface area contributed by atoms with Crippen LogP contribution < -0.4 is 14.8 Å². The van der Waals surface area contributed by atoms with Gasteiger partial charge in [0.15, 0.2) is 23.1 Å². The standard InChI is InChI=1S/C27H30F2N2O5/c1-5-23(32)31-20-6-7-36-14-17(20)11-19-10-15-8-18(9-16(15)13-30-19)27(2,33)24-25(28)21(34-3)12-22(35-4)26(24)29/h5,8,10,12-13,17,20,33H,1,6-7,9,11,14H2,2-4H3,(H,31,32). The predicted octanol–water partition coefficient (Wildman–Crippen LogP) is 3.47. The first-order valence-corrected chi connectivity index (χ1v) is 11.7. The molecule has 0 bridgehead atoms. The third-order valence-electron chi connectivity index (χ3n) is 6.93. The van der Waals surface area contributed by atoms with E-state index in [0.717, 1.165) is 22.9 Å². The number of nitrogens with zero attached hydrogens (tertiary/aromatic N) is 1. The zero-order chi connectivity index (χ0) is 26.0. The maximum atomic E-state index is 15.1. The molecular weight excluding hydrogens is 470 g/mol. The molecule has 0 saturated carbocycles. The highest BCUT2D eigenvalue weighted by atomic mass is 19.1. The van der Waals surface area contributed by atoms with E-state index in [1.165, 1.54) is 27.2 Å². The number of benzene rings is 1. The molecule has 1 fully saturated rings.